The van der Waals surface area contributed by atoms with Crippen LogP contribution in [-0.2, 0) is 10.0 Å². The average Bonchev–Trinajstić information content (AvgIpc) is 2.48. The lowest BCUT2D eigenvalue weighted by molar-refractivity contribution is 0.368. The van der Waals surface area contributed by atoms with E-state index in [9.17, 15) is 8.42 Å². The van der Waals surface area contributed by atoms with Crippen molar-refractivity contribution in [1.29, 1.82) is 5.26 Å². The van der Waals surface area contributed by atoms with Gasteiger partial charge in [-0.05, 0) is 42.5 Å². The molecule has 0 saturated carbocycles. The Labute approximate surface area is 138 Å². The number of nitrogens with zero attached hydrogens (tertiary/aromatic N) is 1. The second-order valence-corrected chi connectivity index (χ2v) is 6.65. The van der Waals surface area contributed by atoms with Crippen LogP contribution in [-0.4, -0.2) is 15.0 Å². The molecule has 0 aliphatic carbocycles. The molecule has 0 fully saturated rings. The van der Waals surface area contributed by atoms with E-state index in [1.165, 1.54) is 30.3 Å². The van der Waals surface area contributed by atoms with E-state index in [-0.39, 0.29) is 21.5 Å². The lowest BCUT2D eigenvalue weighted by Crippen LogP contribution is -2.13. The van der Waals surface area contributed by atoms with Gasteiger partial charge in [-0.25, -0.2) is 8.42 Å². The number of hydrogen-bond acceptors (Lipinski definition) is 4. The summed E-state index contributed by atoms with van der Waals surface area (Å²) < 4.78 is 32.1. The van der Waals surface area contributed by atoms with Gasteiger partial charge in [0.25, 0.3) is 10.0 Å². The molecule has 22 heavy (non-hydrogen) atoms. The van der Waals surface area contributed by atoms with Crippen LogP contribution in [0.5, 0.6) is 5.75 Å². The highest BCUT2D eigenvalue weighted by Crippen LogP contribution is 2.27. The van der Waals surface area contributed by atoms with Gasteiger partial charge in [-0.1, -0.05) is 23.2 Å². The van der Waals surface area contributed by atoms with E-state index in [4.69, 9.17) is 33.2 Å². The van der Waals surface area contributed by atoms with Crippen LogP contribution in [0.25, 0.3) is 0 Å². The maximum atomic E-state index is 12.3. The fraction of sp³-hybridized carbons (Fsp3) is 0.0714. The normalized spacial score (nSPS) is 10.8. The first-order chi connectivity index (χ1) is 10.4. The molecule has 0 aromatic heterocycles. The SMILES string of the molecule is N#CCOc1ccc(NS(=O)(=O)c2cc(Cl)ccc2Cl)cc1. The largest absolute Gasteiger partial charge is 0.479 e. The quantitative estimate of drug-likeness (QED) is 0.885. The highest BCUT2D eigenvalue weighted by atomic mass is 35.5. The van der Waals surface area contributed by atoms with Crippen LogP contribution in [0.1, 0.15) is 0 Å². The molecule has 114 valence electrons. The molecule has 0 aliphatic rings. The molecule has 1 N–H and O–H groups in total. The van der Waals surface area contributed by atoms with Crippen molar-refractivity contribution in [2.45, 2.75) is 4.90 Å². The van der Waals surface area contributed by atoms with Crippen LogP contribution in [0.4, 0.5) is 5.69 Å². The second-order valence-electron chi connectivity index (χ2n) is 4.15. The fourth-order valence-corrected chi connectivity index (χ4v) is 3.45. The van der Waals surface area contributed by atoms with E-state index in [0.29, 0.717) is 11.4 Å². The topological polar surface area (TPSA) is 79.2 Å². The number of nitrogens with one attached hydrogen (secondary N) is 1. The third-order valence-corrected chi connectivity index (χ3v) is 4.69. The first kappa shape index (κ1) is 16.4. The second kappa shape index (κ2) is 6.88. The summed E-state index contributed by atoms with van der Waals surface area (Å²) in [5.74, 6) is 0.463. The van der Waals surface area contributed by atoms with Gasteiger partial charge in [0.05, 0.1) is 5.02 Å². The van der Waals surface area contributed by atoms with Gasteiger partial charge < -0.3 is 4.74 Å². The summed E-state index contributed by atoms with van der Waals surface area (Å²) in [6.07, 6.45) is 0. The number of rotatable bonds is 5. The number of ether oxygens (including phenoxy) is 1. The number of halogens is 2. The molecule has 0 atom stereocenters. The van der Waals surface area contributed by atoms with Crippen LogP contribution in [0.3, 0.4) is 0 Å². The van der Waals surface area contributed by atoms with Crippen LogP contribution in [0.15, 0.2) is 47.4 Å². The summed E-state index contributed by atoms with van der Waals surface area (Å²) in [6.45, 7) is -0.0802. The number of sulfonamides is 1. The van der Waals surface area contributed by atoms with Crippen molar-refractivity contribution in [2.75, 3.05) is 11.3 Å². The maximum absolute atomic E-state index is 12.3. The number of anilines is 1. The van der Waals surface area contributed by atoms with Crippen LogP contribution in [0, 0.1) is 11.3 Å². The molecule has 0 saturated heterocycles. The summed E-state index contributed by atoms with van der Waals surface area (Å²) in [7, 11) is -3.86. The Hall–Kier alpha value is -1.94. The maximum Gasteiger partial charge on any atom is 0.263 e. The predicted octanol–water partition coefficient (Wildman–Crippen LogP) is 3.70. The average molecular weight is 357 g/mol. The van der Waals surface area contributed by atoms with E-state index in [0.717, 1.165) is 0 Å². The molecular formula is C14H10Cl2N2O3S. The lowest BCUT2D eigenvalue weighted by Gasteiger charge is -2.10. The van der Waals surface area contributed by atoms with Crippen molar-refractivity contribution >= 4 is 38.9 Å². The highest BCUT2D eigenvalue weighted by molar-refractivity contribution is 7.92. The minimum absolute atomic E-state index is 0.0749. The first-order valence-corrected chi connectivity index (χ1v) is 8.24. The molecule has 0 spiro atoms. The summed E-state index contributed by atoms with van der Waals surface area (Å²) >= 11 is 11.7. The molecule has 0 unspecified atom stereocenters. The molecule has 2 aromatic rings. The number of hydrogen-bond donors (Lipinski definition) is 1. The number of benzene rings is 2. The van der Waals surface area contributed by atoms with Crippen molar-refractivity contribution < 1.29 is 13.2 Å². The Kier molecular flexibility index (Phi) is 5.14. The van der Waals surface area contributed by atoms with Crippen LogP contribution < -0.4 is 9.46 Å². The Bertz CT molecular complexity index is 815. The smallest absolute Gasteiger partial charge is 0.263 e. The molecule has 0 heterocycles. The number of nitriles is 1. The van der Waals surface area contributed by atoms with Crippen molar-refractivity contribution in [3.63, 3.8) is 0 Å². The molecule has 2 aromatic carbocycles. The van der Waals surface area contributed by atoms with Gasteiger partial charge in [-0.2, -0.15) is 5.26 Å². The summed E-state index contributed by atoms with van der Waals surface area (Å²) in [4.78, 5) is -0.105. The zero-order chi connectivity index (χ0) is 16.2. The van der Waals surface area contributed by atoms with Gasteiger partial charge in [0.1, 0.15) is 16.7 Å². The van der Waals surface area contributed by atoms with E-state index >= 15 is 0 Å². The van der Waals surface area contributed by atoms with Crippen LogP contribution in [0.2, 0.25) is 10.0 Å². The Morgan fingerprint density at radius 1 is 1.14 bits per heavy atom. The fourth-order valence-electron chi connectivity index (χ4n) is 1.63. The zero-order valence-electron chi connectivity index (χ0n) is 11.1. The van der Waals surface area contributed by atoms with Crippen molar-refractivity contribution in [1.82, 2.24) is 0 Å². The van der Waals surface area contributed by atoms with Gasteiger partial charge in [0, 0.05) is 10.7 Å². The molecule has 8 heteroatoms. The van der Waals surface area contributed by atoms with E-state index in [1.807, 2.05) is 6.07 Å². The molecule has 0 radical (unpaired) electrons. The van der Waals surface area contributed by atoms with Gasteiger partial charge in [-0.3, -0.25) is 4.72 Å². The third-order valence-electron chi connectivity index (χ3n) is 2.59. The summed E-state index contributed by atoms with van der Waals surface area (Å²) in [5, 5.41) is 8.76. The minimum atomic E-state index is -3.86. The first-order valence-electron chi connectivity index (χ1n) is 6.00. The summed E-state index contributed by atoms with van der Waals surface area (Å²) in [5.41, 5.74) is 0.334. The van der Waals surface area contributed by atoms with Gasteiger partial charge in [0.15, 0.2) is 6.61 Å². The Morgan fingerprint density at radius 2 is 1.82 bits per heavy atom. The van der Waals surface area contributed by atoms with E-state index in [2.05, 4.69) is 4.72 Å². The van der Waals surface area contributed by atoms with Gasteiger partial charge >= 0.3 is 0 Å². The van der Waals surface area contributed by atoms with Gasteiger partial charge in [0.2, 0.25) is 0 Å². The zero-order valence-corrected chi connectivity index (χ0v) is 13.4. The molecular weight excluding hydrogens is 347 g/mol. The van der Waals surface area contributed by atoms with E-state index in [1.54, 1.807) is 12.1 Å². The van der Waals surface area contributed by atoms with Crippen molar-refractivity contribution in [3.8, 4) is 11.8 Å². The van der Waals surface area contributed by atoms with E-state index < -0.39 is 10.0 Å². The third kappa shape index (κ3) is 4.04. The molecule has 0 amide bonds. The summed E-state index contributed by atoms with van der Waals surface area (Å²) in [6, 6.07) is 12.2. The highest BCUT2D eigenvalue weighted by Gasteiger charge is 2.18. The Morgan fingerprint density at radius 3 is 2.45 bits per heavy atom. The monoisotopic (exact) mass is 356 g/mol. The Balaban J connectivity index is 2.22. The predicted molar refractivity (Wildman–Crippen MR) is 84.8 cm³/mol. The molecule has 0 bridgehead atoms. The van der Waals surface area contributed by atoms with Crippen LogP contribution >= 0.6 is 23.2 Å². The standard InChI is InChI=1S/C14H10Cl2N2O3S/c15-10-1-6-13(16)14(9-10)22(19,20)18-11-2-4-12(5-3-11)21-8-7-17/h1-6,9,18H,8H2. The lowest BCUT2D eigenvalue weighted by atomic mass is 10.3. The van der Waals surface area contributed by atoms with Crippen molar-refractivity contribution in [3.05, 3.63) is 52.5 Å². The minimum Gasteiger partial charge on any atom is -0.479 e. The van der Waals surface area contributed by atoms with Gasteiger partial charge in [-0.15, -0.1) is 0 Å². The molecule has 2 rings (SSSR count). The van der Waals surface area contributed by atoms with Crippen molar-refractivity contribution in [2.24, 2.45) is 0 Å². The molecule has 5 nitrogen and oxygen atoms in total. The molecule has 0 aliphatic heterocycles.